The van der Waals surface area contributed by atoms with E-state index in [4.69, 9.17) is 9.47 Å². The standard InChI is InChI=1S/C16H22N2O6/c1-22-10-8-18(9-11-23-2)15(20)14(19)17-13-6-4-12(5-7-13)16(21)24-3/h4-7H,8-11H2,1-3H3,(H,17,19). The zero-order valence-electron chi connectivity index (χ0n) is 14.0. The second-order valence-electron chi connectivity index (χ2n) is 4.80. The minimum Gasteiger partial charge on any atom is -0.465 e. The largest absolute Gasteiger partial charge is 0.465 e. The quantitative estimate of drug-likeness (QED) is 0.549. The molecule has 132 valence electrons. The molecule has 0 bridgehead atoms. The molecule has 0 atom stereocenters. The van der Waals surface area contributed by atoms with Crippen LogP contribution in [0.15, 0.2) is 24.3 Å². The van der Waals surface area contributed by atoms with Gasteiger partial charge in [0.1, 0.15) is 0 Å². The van der Waals surface area contributed by atoms with Gasteiger partial charge in [0.05, 0.1) is 25.9 Å². The number of carbonyl (C=O) groups excluding carboxylic acids is 3. The first kappa shape index (κ1) is 19.6. The molecular formula is C16H22N2O6. The summed E-state index contributed by atoms with van der Waals surface area (Å²) >= 11 is 0. The van der Waals surface area contributed by atoms with E-state index in [-0.39, 0.29) is 13.1 Å². The molecule has 0 saturated carbocycles. The van der Waals surface area contributed by atoms with Gasteiger partial charge in [-0.15, -0.1) is 0 Å². The third-order valence-electron chi connectivity index (χ3n) is 3.18. The lowest BCUT2D eigenvalue weighted by Gasteiger charge is -2.21. The monoisotopic (exact) mass is 338 g/mol. The molecule has 1 aromatic rings. The van der Waals surface area contributed by atoms with Gasteiger partial charge < -0.3 is 24.4 Å². The van der Waals surface area contributed by atoms with Gasteiger partial charge >= 0.3 is 17.8 Å². The molecule has 0 aliphatic heterocycles. The van der Waals surface area contributed by atoms with E-state index >= 15 is 0 Å². The fourth-order valence-electron chi connectivity index (χ4n) is 1.85. The number of nitrogens with zero attached hydrogens (tertiary/aromatic N) is 1. The number of methoxy groups -OCH3 is 3. The molecule has 0 aromatic heterocycles. The van der Waals surface area contributed by atoms with Gasteiger partial charge in [-0.3, -0.25) is 9.59 Å². The summed E-state index contributed by atoms with van der Waals surface area (Å²) in [6, 6.07) is 6.04. The fraction of sp³-hybridized carbons (Fsp3) is 0.438. The summed E-state index contributed by atoms with van der Waals surface area (Å²) in [6.07, 6.45) is 0. The Hall–Kier alpha value is -2.45. The molecular weight excluding hydrogens is 316 g/mol. The Morgan fingerprint density at radius 3 is 1.96 bits per heavy atom. The number of hydrogen-bond donors (Lipinski definition) is 1. The molecule has 1 aromatic carbocycles. The number of amides is 2. The normalized spacial score (nSPS) is 10.1. The van der Waals surface area contributed by atoms with Crippen molar-refractivity contribution in [2.75, 3.05) is 52.9 Å². The van der Waals surface area contributed by atoms with Gasteiger partial charge in [-0.25, -0.2) is 4.79 Å². The van der Waals surface area contributed by atoms with Crippen molar-refractivity contribution in [3.8, 4) is 0 Å². The Labute approximate surface area is 140 Å². The first-order chi connectivity index (χ1) is 11.5. The van der Waals surface area contributed by atoms with Crippen molar-refractivity contribution < 1.29 is 28.6 Å². The van der Waals surface area contributed by atoms with Crippen LogP contribution in [0, 0.1) is 0 Å². The van der Waals surface area contributed by atoms with E-state index in [2.05, 4.69) is 10.1 Å². The number of nitrogens with one attached hydrogen (secondary N) is 1. The maximum Gasteiger partial charge on any atom is 0.337 e. The molecule has 0 unspecified atom stereocenters. The zero-order chi connectivity index (χ0) is 17.9. The van der Waals surface area contributed by atoms with Crippen LogP contribution in [0.25, 0.3) is 0 Å². The Bertz CT molecular complexity index is 550. The Kier molecular flexibility index (Phi) is 8.45. The molecule has 0 aliphatic carbocycles. The predicted octanol–water partition coefficient (Wildman–Crippen LogP) is 0.533. The van der Waals surface area contributed by atoms with E-state index in [0.717, 1.165) is 0 Å². The van der Waals surface area contributed by atoms with Crippen LogP contribution in [0.3, 0.4) is 0 Å². The fourth-order valence-corrected chi connectivity index (χ4v) is 1.85. The van der Waals surface area contributed by atoms with Crippen LogP contribution in [0.1, 0.15) is 10.4 Å². The summed E-state index contributed by atoms with van der Waals surface area (Å²) < 4.78 is 14.5. The first-order valence-corrected chi connectivity index (χ1v) is 7.30. The topological polar surface area (TPSA) is 94.2 Å². The third-order valence-corrected chi connectivity index (χ3v) is 3.18. The summed E-state index contributed by atoms with van der Waals surface area (Å²) in [5.41, 5.74) is 0.753. The molecule has 0 spiro atoms. The molecule has 0 heterocycles. The van der Waals surface area contributed by atoms with Gasteiger partial charge in [-0.1, -0.05) is 0 Å². The summed E-state index contributed by atoms with van der Waals surface area (Å²) in [6.45, 7) is 1.20. The van der Waals surface area contributed by atoms with Gasteiger partial charge in [0.15, 0.2) is 0 Å². The lowest BCUT2D eigenvalue weighted by molar-refractivity contribution is -0.144. The number of benzene rings is 1. The van der Waals surface area contributed by atoms with Gasteiger partial charge in [0.25, 0.3) is 0 Å². The average molecular weight is 338 g/mol. The summed E-state index contributed by atoms with van der Waals surface area (Å²) in [5.74, 6) is -1.93. The highest BCUT2D eigenvalue weighted by Crippen LogP contribution is 2.10. The second-order valence-corrected chi connectivity index (χ2v) is 4.80. The van der Waals surface area contributed by atoms with Crippen molar-refractivity contribution in [3.63, 3.8) is 0 Å². The van der Waals surface area contributed by atoms with Crippen molar-refractivity contribution in [1.82, 2.24) is 4.90 Å². The van der Waals surface area contributed by atoms with Gasteiger partial charge in [0, 0.05) is 33.0 Å². The van der Waals surface area contributed by atoms with Gasteiger partial charge in [-0.2, -0.15) is 0 Å². The van der Waals surface area contributed by atoms with Crippen LogP contribution in [-0.4, -0.2) is 70.3 Å². The smallest absolute Gasteiger partial charge is 0.337 e. The maximum absolute atomic E-state index is 12.2. The van der Waals surface area contributed by atoms with Crippen molar-refractivity contribution in [2.45, 2.75) is 0 Å². The van der Waals surface area contributed by atoms with Crippen LogP contribution in [0.5, 0.6) is 0 Å². The van der Waals surface area contributed by atoms with Crippen molar-refractivity contribution in [3.05, 3.63) is 29.8 Å². The minimum atomic E-state index is -0.770. The lowest BCUT2D eigenvalue weighted by atomic mass is 10.2. The number of ether oxygens (including phenoxy) is 3. The highest BCUT2D eigenvalue weighted by Gasteiger charge is 2.21. The first-order valence-electron chi connectivity index (χ1n) is 7.30. The van der Waals surface area contributed by atoms with Crippen LogP contribution in [-0.2, 0) is 23.8 Å². The number of carbonyl (C=O) groups is 3. The van der Waals surface area contributed by atoms with E-state index in [9.17, 15) is 14.4 Å². The van der Waals surface area contributed by atoms with Crippen molar-refractivity contribution in [1.29, 1.82) is 0 Å². The number of rotatable bonds is 8. The van der Waals surface area contributed by atoms with Crippen LogP contribution < -0.4 is 5.32 Å². The highest BCUT2D eigenvalue weighted by atomic mass is 16.5. The molecule has 2 amide bonds. The third kappa shape index (κ3) is 5.98. The molecule has 24 heavy (non-hydrogen) atoms. The number of esters is 1. The molecule has 1 rings (SSSR count). The van der Waals surface area contributed by atoms with Crippen LogP contribution in [0.4, 0.5) is 5.69 Å². The molecule has 8 nitrogen and oxygen atoms in total. The van der Waals surface area contributed by atoms with Gasteiger partial charge in [-0.05, 0) is 24.3 Å². The Morgan fingerprint density at radius 2 is 1.50 bits per heavy atom. The number of hydrogen-bond acceptors (Lipinski definition) is 6. The molecule has 0 fully saturated rings. The Balaban J connectivity index is 2.69. The highest BCUT2D eigenvalue weighted by molar-refractivity contribution is 6.39. The minimum absolute atomic E-state index is 0.285. The lowest BCUT2D eigenvalue weighted by Crippen LogP contribution is -2.43. The van der Waals surface area contributed by atoms with E-state index in [1.165, 1.54) is 50.5 Å². The van der Waals surface area contributed by atoms with E-state index < -0.39 is 17.8 Å². The molecule has 0 saturated heterocycles. The molecule has 1 N–H and O–H groups in total. The zero-order valence-corrected chi connectivity index (χ0v) is 14.0. The number of anilines is 1. The molecule has 0 aliphatic rings. The van der Waals surface area contributed by atoms with E-state index in [1.54, 1.807) is 0 Å². The average Bonchev–Trinajstić information content (AvgIpc) is 2.61. The molecule has 0 radical (unpaired) electrons. The summed E-state index contributed by atoms with van der Waals surface area (Å²) in [4.78, 5) is 37.0. The predicted molar refractivity (Wildman–Crippen MR) is 86.7 cm³/mol. The SMILES string of the molecule is COCCN(CCOC)C(=O)C(=O)Nc1ccc(C(=O)OC)cc1. The van der Waals surface area contributed by atoms with Crippen LogP contribution in [0.2, 0.25) is 0 Å². The Morgan fingerprint density at radius 1 is 0.958 bits per heavy atom. The summed E-state index contributed by atoms with van der Waals surface area (Å²) in [7, 11) is 4.31. The van der Waals surface area contributed by atoms with E-state index in [1.807, 2.05) is 0 Å². The van der Waals surface area contributed by atoms with Crippen LogP contribution >= 0.6 is 0 Å². The van der Waals surface area contributed by atoms with Crippen molar-refractivity contribution in [2.24, 2.45) is 0 Å². The van der Waals surface area contributed by atoms with E-state index in [0.29, 0.717) is 24.5 Å². The van der Waals surface area contributed by atoms with Gasteiger partial charge in [0.2, 0.25) is 0 Å². The van der Waals surface area contributed by atoms with Crippen molar-refractivity contribution >= 4 is 23.5 Å². The maximum atomic E-state index is 12.2. The summed E-state index contributed by atoms with van der Waals surface area (Å²) in [5, 5.41) is 2.50. The molecule has 8 heteroatoms. The second kappa shape index (κ2) is 10.3.